The molecule has 5 heteroatoms. The number of rotatable bonds is 3. The van der Waals surface area contributed by atoms with Crippen LogP contribution in [0.1, 0.15) is 44.0 Å². The zero-order chi connectivity index (χ0) is 12.1. The van der Waals surface area contributed by atoms with Gasteiger partial charge in [0.1, 0.15) is 0 Å². The molecule has 0 aromatic carbocycles. The van der Waals surface area contributed by atoms with Gasteiger partial charge in [-0.05, 0) is 68.7 Å². The second-order valence-electron chi connectivity index (χ2n) is 6.54. The Kier molecular flexibility index (Phi) is 2.43. The maximum Gasteiger partial charge on any atom is 0.191 e. The van der Waals surface area contributed by atoms with Gasteiger partial charge in [0.15, 0.2) is 5.82 Å². The summed E-state index contributed by atoms with van der Waals surface area (Å²) < 4.78 is 0. The van der Waals surface area contributed by atoms with Crippen LogP contribution >= 0.6 is 0 Å². The fourth-order valence-corrected chi connectivity index (χ4v) is 5.31. The number of hydrogen-bond donors (Lipinski definition) is 2. The van der Waals surface area contributed by atoms with Crippen LogP contribution in [0.2, 0.25) is 0 Å². The van der Waals surface area contributed by atoms with Gasteiger partial charge in [-0.2, -0.15) is 5.21 Å². The molecule has 4 aliphatic carbocycles. The van der Waals surface area contributed by atoms with Gasteiger partial charge < -0.3 is 5.32 Å². The van der Waals surface area contributed by atoms with Crippen molar-refractivity contribution in [2.75, 3.05) is 7.05 Å². The van der Waals surface area contributed by atoms with E-state index in [0.717, 1.165) is 35.4 Å². The van der Waals surface area contributed by atoms with Crippen LogP contribution in [0, 0.1) is 29.6 Å². The molecule has 0 saturated heterocycles. The van der Waals surface area contributed by atoms with Gasteiger partial charge in [-0.1, -0.05) is 5.21 Å². The minimum atomic E-state index is 0.291. The largest absolute Gasteiger partial charge is 0.310 e. The van der Waals surface area contributed by atoms with Gasteiger partial charge in [0.05, 0.1) is 6.04 Å². The molecule has 4 bridgehead atoms. The Bertz CT molecular complexity index is 387. The first-order chi connectivity index (χ1) is 8.85. The number of nitrogens with zero attached hydrogens (tertiary/aromatic N) is 3. The quantitative estimate of drug-likeness (QED) is 0.850. The van der Waals surface area contributed by atoms with Crippen molar-refractivity contribution in [3.63, 3.8) is 0 Å². The van der Waals surface area contributed by atoms with E-state index in [2.05, 4.69) is 25.9 Å². The Labute approximate surface area is 107 Å². The molecule has 0 radical (unpaired) electrons. The van der Waals surface area contributed by atoms with Crippen LogP contribution in [0.4, 0.5) is 0 Å². The Hall–Kier alpha value is -0.970. The van der Waals surface area contributed by atoms with Crippen LogP contribution in [0.5, 0.6) is 0 Å². The summed E-state index contributed by atoms with van der Waals surface area (Å²) in [6.07, 6.45) is 7.26. The Balaban J connectivity index is 1.64. The average molecular weight is 247 g/mol. The second-order valence-corrected chi connectivity index (χ2v) is 6.54. The van der Waals surface area contributed by atoms with Crippen molar-refractivity contribution < 1.29 is 0 Å². The van der Waals surface area contributed by atoms with Crippen molar-refractivity contribution in [1.29, 1.82) is 0 Å². The molecule has 98 valence electrons. The van der Waals surface area contributed by atoms with Gasteiger partial charge in [0.2, 0.25) is 0 Å². The molecule has 5 nitrogen and oxygen atoms in total. The van der Waals surface area contributed by atoms with Crippen molar-refractivity contribution in [3.05, 3.63) is 5.82 Å². The van der Waals surface area contributed by atoms with Crippen LogP contribution in [0.3, 0.4) is 0 Å². The molecule has 1 atom stereocenters. The Morgan fingerprint density at radius 1 is 1.11 bits per heavy atom. The third-order valence-electron chi connectivity index (χ3n) is 5.64. The van der Waals surface area contributed by atoms with Gasteiger partial charge in [-0.15, -0.1) is 10.2 Å². The van der Waals surface area contributed by atoms with Gasteiger partial charge in [0, 0.05) is 0 Å². The maximum absolute atomic E-state index is 4.21. The highest BCUT2D eigenvalue weighted by atomic mass is 15.5. The summed E-state index contributed by atoms with van der Waals surface area (Å²) in [4.78, 5) is 0. The highest BCUT2D eigenvalue weighted by molar-refractivity contribution is 5.05. The fraction of sp³-hybridized carbons (Fsp3) is 0.923. The lowest BCUT2D eigenvalue weighted by molar-refractivity contribution is -0.0527. The van der Waals surface area contributed by atoms with Gasteiger partial charge in [-0.25, -0.2) is 0 Å². The molecule has 1 aromatic rings. The smallest absolute Gasteiger partial charge is 0.191 e. The van der Waals surface area contributed by atoms with E-state index in [0.29, 0.717) is 6.04 Å². The summed E-state index contributed by atoms with van der Waals surface area (Å²) in [5.41, 5.74) is 0. The highest BCUT2D eigenvalue weighted by Gasteiger charge is 2.51. The summed E-state index contributed by atoms with van der Waals surface area (Å²) in [5, 5.41) is 18.2. The average Bonchev–Trinajstić information content (AvgIpc) is 2.86. The minimum Gasteiger partial charge on any atom is -0.310 e. The Morgan fingerprint density at radius 2 is 1.78 bits per heavy atom. The number of H-pyrrole nitrogens is 1. The molecule has 18 heavy (non-hydrogen) atoms. The molecule has 0 spiro atoms. The molecule has 2 N–H and O–H groups in total. The SMILES string of the molecule is CNC(c1nn[nH]n1)C1C2CC3CC(C2)CC1C3. The molecule has 0 aliphatic heterocycles. The zero-order valence-corrected chi connectivity index (χ0v) is 10.8. The predicted octanol–water partition coefficient (Wildman–Crippen LogP) is 1.53. The Morgan fingerprint density at radius 3 is 2.28 bits per heavy atom. The van der Waals surface area contributed by atoms with Gasteiger partial charge >= 0.3 is 0 Å². The summed E-state index contributed by atoms with van der Waals surface area (Å²) >= 11 is 0. The van der Waals surface area contributed by atoms with Crippen molar-refractivity contribution in [3.8, 4) is 0 Å². The lowest BCUT2D eigenvalue weighted by Crippen LogP contribution is -2.49. The summed E-state index contributed by atoms with van der Waals surface area (Å²) in [6.45, 7) is 0. The number of aromatic amines is 1. The van der Waals surface area contributed by atoms with Crippen LogP contribution in [0.25, 0.3) is 0 Å². The standard InChI is InChI=1S/C13H21N5/c1-14-12(13-15-17-18-16-13)11-9-3-7-2-8(5-9)6-10(11)4-7/h7-12,14H,2-6H2,1H3,(H,15,16,17,18). The maximum atomic E-state index is 4.21. The van der Waals surface area contributed by atoms with E-state index in [1.807, 2.05) is 7.05 Å². The first-order valence-electron chi connectivity index (χ1n) is 7.25. The lowest BCUT2D eigenvalue weighted by Gasteiger charge is -2.56. The summed E-state index contributed by atoms with van der Waals surface area (Å²) in [7, 11) is 2.03. The molecular weight excluding hydrogens is 226 g/mol. The summed E-state index contributed by atoms with van der Waals surface area (Å²) in [5.74, 6) is 5.39. The number of tetrazole rings is 1. The second kappa shape index (κ2) is 4.02. The molecule has 4 saturated carbocycles. The van der Waals surface area contributed by atoms with Crippen molar-refractivity contribution >= 4 is 0 Å². The molecule has 0 amide bonds. The van der Waals surface area contributed by atoms with Crippen molar-refractivity contribution in [2.24, 2.45) is 29.6 Å². The molecule has 1 aromatic heterocycles. The number of aromatic nitrogens is 4. The van der Waals surface area contributed by atoms with Crippen molar-refractivity contribution in [2.45, 2.75) is 38.1 Å². The first-order valence-corrected chi connectivity index (χ1v) is 7.25. The van der Waals surface area contributed by atoms with Crippen LogP contribution < -0.4 is 5.32 Å². The lowest BCUT2D eigenvalue weighted by atomic mass is 9.50. The molecule has 4 aliphatic rings. The fourth-order valence-electron chi connectivity index (χ4n) is 5.31. The van der Waals surface area contributed by atoms with Crippen LogP contribution in [0.15, 0.2) is 0 Å². The van der Waals surface area contributed by atoms with E-state index < -0.39 is 0 Å². The molecule has 1 unspecified atom stereocenters. The molecule has 5 rings (SSSR count). The van der Waals surface area contributed by atoms with Gasteiger partial charge in [0.25, 0.3) is 0 Å². The van der Waals surface area contributed by atoms with E-state index >= 15 is 0 Å². The van der Waals surface area contributed by atoms with Crippen molar-refractivity contribution in [1.82, 2.24) is 25.9 Å². The van der Waals surface area contributed by atoms with E-state index in [9.17, 15) is 0 Å². The molecular formula is C13H21N5. The van der Waals surface area contributed by atoms with Gasteiger partial charge in [-0.3, -0.25) is 0 Å². The number of nitrogens with one attached hydrogen (secondary N) is 2. The third-order valence-corrected chi connectivity index (χ3v) is 5.64. The topological polar surface area (TPSA) is 66.5 Å². The predicted molar refractivity (Wildman–Crippen MR) is 66.5 cm³/mol. The molecule has 1 heterocycles. The van der Waals surface area contributed by atoms with Crippen LogP contribution in [-0.2, 0) is 0 Å². The first kappa shape index (κ1) is 10.9. The van der Waals surface area contributed by atoms with E-state index in [4.69, 9.17) is 0 Å². The monoisotopic (exact) mass is 247 g/mol. The van der Waals surface area contributed by atoms with E-state index in [1.54, 1.807) is 0 Å². The highest BCUT2D eigenvalue weighted by Crippen LogP contribution is 2.59. The third kappa shape index (κ3) is 1.53. The normalized spacial score (nSPS) is 43.3. The van der Waals surface area contributed by atoms with E-state index in [-0.39, 0.29) is 0 Å². The minimum absolute atomic E-state index is 0.291. The zero-order valence-electron chi connectivity index (χ0n) is 10.8. The summed E-state index contributed by atoms with van der Waals surface area (Å²) in [6, 6.07) is 0.291. The van der Waals surface area contributed by atoms with E-state index in [1.165, 1.54) is 32.1 Å². The molecule has 4 fully saturated rings. The number of hydrogen-bond acceptors (Lipinski definition) is 4. The van der Waals surface area contributed by atoms with Crippen LogP contribution in [-0.4, -0.2) is 27.7 Å².